The first-order valence-electron chi connectivity index (χ1n) is 8.78. The zero-order chi connectivity index (χ0) is 18.9. The molecule has 0 aliphatic carbocycles. The minimum Gasteiger partial charge on any atom is -0.389 e. The van der Waals surface area contributed by atoms with Crippen LogP contribution >= 0.6 is 11.3 Å². The molecule has 1 atom stereocenters. The van der Waals surface area contributed by atoms with E-state index in [9.17, 15) is 4.79 Å². The smallest absolute Gasteiger partial charge is 0.277 e. The Kier molecular flexibility index (Phi) is 5.15. The van der Waals surface area contributed by atoms with E-state index in [1.807, 2.05) is 26.8 Å². The Morgan fingerprint density at radius 3 is 2.85 bits per heavy atom. The lowest BCUT2D eigenvalue weighted by Gasteiger charge is -2.33. The van der Waals surface area contributed by atoms with Crippen molar-refractivity contribution in [3.05, 3.63) is 29.2 Å². The fourth-order valence-electron chi connectivity index (χ4n) is 2.98. The number of aromatic nitrogens is 2. The number of nitrogens with one attached hydrogen (secondary N) is 1. The van der Waals surface area contributed by atoms with Gasteiger partial charge in [0.2, 0.25) is 0 Å². The molecule has 2 aromatic rings. The van der Waals surface area contributed by atoms with Gasteiger partial charge in [0.25, 0.3) is 5.91 Å². The van der Waals surface area contributed by atoms with Crippen LogP contribution in [0.5, 0.6) is 0 Å². The molecule has 26 heavy (non-hydrogen) atoms. The molecule has 3 rings (SSSR count). The van der Waals surface area contributed by atoms with E-state index in [0.717, 1.165) is 36.6 Å². The second kappa shape index (κ2) is 7.20. The number of nitrogen functional groups attached to an aromatic ring is 1. The van der Waals surface area contributed by atoms with Crippen molar-refractivity contribution in [1.82, 2.24) is 9.97 Å². The zero-order valence-corrected chi connectivity index (χ0v) is 16.3. The van der Waals surface area contributed by atoms with Crippen molar-refractivity contribution in [2.75, 3.05) is 29.0 Å². The maximum absolute atomic E-state index is 12.8. The van der Waals surface area contributed by atoms with Crippen LogP contribution in [0.4, 0.5) is 16.4 Å². The third-order valence-corrected chi connectivity index (χ3v) is 5.67. The molecule has 0 aromatic carbocycles. The Hall–Kier alpha value is -2.19. The number of nitrogens with zero attached hydrogens (tertiary/aromatic N) is 3. The summed E-state index contributed by atoms with van der Waals surface area (Å²) in [6.07, 6.45) is 5.43. The molecule has 5 N–H and O–H groups in total. The number of anilines is 3. The average Bonchev–Trinajstić information content (AvgIpc) is 2.97. The summed E-state index contributed by atoms with van der Waals surface area (Å²) in [6.45, 7) is 7.82. The number of hydrogen-bond acceptors (Lipinski definition) is 7. The fourth-order valence-corrected chi connectivity index (χ4v) is 3.87. The van der Waals surface area contributed by atoms with E-state index in [0.29, 0.717) is 10.7 Å². The molecule has 0 spiro atoms. The van der Waals surface area contributed by atoms with E-state index in [-0.39, 0.29) is 23.1 Å². The summed E-state index contributed by atoms with van der Waals surface area (Å²) in [5.41, 5.74) is 13.8. The predicted molar refractivity (Wildman–Crippen MR) is 107 cm³/mol. The largest absolute Gasteiger partial charge is 0.389 e. The lowest BCUT2D eigenvalue weighted by Crippen LogP contribution is -2.43. The van der Waals surface area contributed by atoms with E-state index in [4.69, 9.17) is 11.5 Å². The van der Waals surface area contributed by atoms with Crippen LogP contribution < -0.4 is 21.7 Å². The summed E-state index contributed by atoms with van der Waals surface area (Å²) in [4.78, 5) is 23.6. The summed E-state index contributed by atoms with van der Waals surface area (Å²) in [6, 6.07) is 2.04. The highest BCUT2D eigenvalue weighted by atomic mass is 32.1. The van der Waals surface area contributed by atoms with Gasteiger partial charge in [0.05, 0.1) is 17.6 Å². The molecule has 1 saturated heterocycles. The monoisotopic (exact) mass is 374 g/mol. The summed E-state index contributed by atoms with van der Waals surface area (Å²) < 4.78 is 0. The second-order valence-electron chi connectivity index (χ2n) is 7.68. The number of thiazole rings is 1. The summed E-state index contributed by atoms with van der Waals surface area (Å²) in [5.74, 6) is -0.315. The Balaban J connectivity index is 1.83. The first-order valence-corrected chi connectivity index (χ1v) is 9.60. The quantitative estimate of drug-likeness (QED) is 0.762. The maximum atomic E-state index is 12.8. The summed E-state index contributed by atoms with van der Waals surface area (Å²) in [7, 11) is 0. The van der Waals surface area contributed by atoms with E-state index >= 15 is 0 Å². The third kappa shape index (κ3) is 3.96. The van der Waals surface area contributed by atoms with Crippen LogP contribution in [0, 0.1) is 0 Å². The summed E-state index contributed by atoms with van der Waals surface area (Å²) >= 11 is 1.36. The van der Waals surface area contributed by atoms with Gasteiger partial charge in [-0.25, -0.2) is 4.98 Å². The molecule has 1 fully saturated rings. The van der Waals surface area contributed by atoms with Gasteiger partial charge in [-0.2, -0.15) is 0 Å². The minimum absolute atomic E-state index is 0.143. The Bertz CT molecular complexity index is 797. The van der Waals surface area contributed by atoms with Crippen molar-refractivity contribution in [2.45, 2.75) is 45.1 Å². The zero-order valence-electron chi connectivity index (χ0n) is 15.5. The topological polar surface area (TPSA) is 110 Å². The van der Waals surface area contributed by atoms with E-state index in [1.54, 1.807) is 12.4 Å². The molecular weight excluding hydrogens is 348 g/mol. The van der Waals surface area contributed by atoms with Crippen LogP contribution in [0.3, 0.4) is 0 Å². The van der Waals surface area contributed by atoms with Crippen LogP contribution in [-0.2, 0) is 5.41 Å². The number of hydrogen-bond donors (Lipinski definition) is 3. The Labute approximate surface area is 157 Å². The van der Waals surface area contributed by atoms with Crippen molar-refractivity contribution in [3.63, 3.8) is 0 Å². The van der Waals surface area contributed by atoms with E-state index in [2.05, 4.69) is 20.2 Å². The normalized spacial score (nSPS) is 18.0. The average molecular weight is 375 g/mol. The third-order valence-electron chi connectivity index (χ3n) is 4.35. The molecule has 0 bridgehead atoms. The highest BCUT2D eigenvalue weighted by Crippen LogP contribution is 2.32. The number of rotatable bonds is 3. The van der Waals surface area contributed by atoms with Gasteiger partial charge in [-0.1, -0.05) is 20.8 Å². The SMILES string of the molecule is CC(C)(C)c1nc(C(=O)Nc2cnccc2N2CCC[C@H](N)C2)c(N)s1. The predicted octanol–water partition coefficient (Wildman–Crippen LogP) is 2.60. The van der Waals surface area contributed by atoms with Crippen LogP contribution in [0.1, 0.15) is 49.1 Å². The Morgan fingerprint density at radius 2 is 2.19 bits per heavy atom. The maximum Gasteiger partial charge on any atom is 0.277 e. The van der Waals surface area contributed by atoms with Crippen molar-refractivity contribution in [1.29, 1.82) is 0 Å². The van der Waals surface area contributed by atoms with E-state index in [1.165, 1.54) is 11.3 Å². The molecule has 7 nitrogen and oxygen atoms in total. The fraction of sp³-hybridized carbons (Fsp3) is 0.500. The van der Waals surface area contributed by atoms with Crippen molar-refractivity contribution < 1.29 is 4.79 Å². The first-order chi connectivity index (χ1) is 12.3. The molecule has 2 aromatic heterocycles. The Morgan fingerprint density at radius 1 is 1.42 bits per heavy atom. The van der Waals surface area contributed by atoms with Gasteiger partial charge < -0.3 is 21.7 Å². The van der Waals surface area contributed by atoms with Crippen molar-refractivity contribution in [2.24, 2.45) is 5.73 Å². The molecular formula is C18H26N6OS. The lowest BCUT2D eigenvalue weighted by atomic mass is 9.98. The van der Waals surface area contributed by atoms with Gasteiger partial charge in [0.15, 0.2) is 5.69 Å². The van der Waals surface area contributed by atoms with Gasteiger partial charge in [0.1, 0.15) is 10.0 Å². The van der Waals surface area contributed by atoms with Crippen molar-refractivity contribution in [3.8, 4) is 0 Å². The highest BCUT2D eigenvalue weighted by Gasteiger charge is 2.25. The van der Waals surface area contributed by atoms with Crippen molar-refractivity contribution >= 4 is 33.6 Å². The number of amides is 1. The number of carbonyl (C=O) groups is 1. The number of pyridine rings is 1. The first kappa shape index (κ1) is 18.6. The van der Waals surface area contributed by atoms with E-state index < -0.39 is 0 Å². The summed E-state index contributed by atoms with van der Waals surface area (Å²) in [5, 5.41) is 4.19. The number of nitrogens with two attached hydrogens (primary N) is 2. The highest BCUT2D eigenvalue weighted by molar-refractivity contribution is 7.16. The number of piperidine rings is 1. The van der Waals surface area contributed by atoms with Gasteiger partial charge >= 0.3 is 0 Å². The molecule has 8 heteroatoms. The van der Waals surface area contributed by atoms with Crippen LogP contribution in [0.25, 0.3) is 0 Å². The van der Waals surface area contributed by atoms with Crippen LogP contribution in [0.15, 0.2) is 18.5 Å². The molecule has 3 heterocycles. The second-order valence-corrected chi connectivity index (χ2v) is 8.71. The molecule has 0 radical (unpaired) electrons. The molecule has 0 unspecified atom stereocenters. The lowest BCUT2D eigenvalue weighted by molar-refractivity contribution is 0.102. The van der Waals surface area contributed by atoms with Gasteiger partial charge in [0, 0.05) is 30.7 Å². The molecule has 140 valence electrons. The van der Waals surface area contributed by atoms with Crippen LogP contribution in [0.2, 0.25) is 0 Å². The molecule has 1 amide bonds. The standard InChI is InChI=1S/C18H26N6OS/c1-18(2,3)17-23-14(15(20)26-17)16(25)22-12-9-21-7-6-13(12)24-8-4-5-11(19)10-24/h6-7,9,11H,4-5,8,10,19-20H2,1-3H3,(H,22,25)/t11-/m0/s1. The van der Waals surface area contributed by atoms with Gasteiger partial charge in [-0.15, -0.1) is 11.3 Å². The molecule has 0 saturated carbocycles. The van der Waals surface area contributed by atoms with Crippen LogP contribution in [-0.4, -0.2) is 35.0 Å². The van der Waals surface area contributed by atoms with Gasteiger partial charge in [-0.05, 0) is 18.9 Å². The molecule has 1 aliphatic heterocycles. The van der Waals surface area contributed by atoms with Gasteiger partial charge in [-0.3, -0.25) is 9.78 Å². The minimum atomic E-state index is -0.315. The number of carbonyl (C=O) groups excluding carboxylic acids is 1. The molecule has 1 aliphatic rings.